The van der Waals surface area contributed by atoms with Crippen LogP contribution in [-0.2, 0) is 16.0 Å². The number of nitrogens with one attached hydrogen (secondary N) is 1. The largest absolute Gasteiger partial charge is 0.320 e. The van der Waals surface area contributed by atoms with Crippen molar-refractivity contribution in [3.05, 3.63) is 48.0 Å². The number of carbonyl (C=O) groups excluding carboxylic acids is 2. The average molecular weight is 312 g/mol. The molecule has 0 radical (unpaired) electrons. The van der Waals surface area contributed by atoms with Crippen molar-refractivity contribution in [2.24, 2.45) is 11.7 Å². The maximum atomic E-state index is 12.0. The smallest absolute Gasteiger partial charge is 0.243 e. The van der Waals surface area contributed by atoms with Gasteiger partial charge in [0.1, 0.15) is 0 Å². The second-order valence-corrected chi connectivity index (χ2v) is 6.34. The molecule has 0 aliphatic rings. The van der Waals surface area contributed by atoms with Crippen molar-refractivity contribution in [2.45, 2.75) is 39.2 Å². The van der Waals surface area contributed by atoms with Crippen molar-refractivity contribution in [3.8, 4) is 0 Å². The third-order valence-corrected chi connectivity index (χ3v) is 3.82. The number of fused-ring (bicyclic) bond motifs is 1. The van der Waals surface area contributed by atoms with Gasteiger partial charge in [-0.05, 0) is 35.1 Å². The van der Waals surface area contributed by atoms with Crippen LogP contribution in [0.3, 0.4) is 0 Å². The molecule has 2 rings (SSSR count). The molecule has 23 heavy (non-hydrogen) atoms. The third-order valence-electron chi connectivity index (χ3n) is 3.82. The Kier molecular flexibility index (Phi) is 5.88. The van der Waals surface area contributed by atoms with Crippen molar-refractivity contribution >= 4 is 22.6 Å². The third kappa shape index (κ3) is 5.18. The van der Waals surface area contributed by atoms with Crippen LogP contribution in [0.15, 0.2) is 42.5 Å². The summed E-state index contributed by atoms with van der Waals surface area (Å²) in [7, 11) is 0. The van der Waals surface area contributed by atoms with Crippen molar-refractivity contribution < 1.29 is 9.59 Å². The Morgan fingerprint density at radius 1 is 1.09 bits per heavy atom. The van der Waals surface area contributed by atoms with Crippen LogP contribution in [0.25, 0.3) is 10.8 Å². The second kappa shape index (κ2) is 7.88. The van der Waals surface area contributed by atoms with Crippen LogP contribution in [0.5, 0.6) is 0 Å². The Balaban J connectivity index is 1.92. The molecule has 0 saturated carbocycles. The lowest BCUT2D eigenvalue weighted by Crippen LogP contribution is -2.44. The predicted octanol–water partition coefficient (Wildman–Crippen LogP) is 2.79. The molecule has 0 bridgehead atoms. The standard InChI is InChI=1S/C19H24N2O2/c1-13(2)7-10-18(22)21-19(23)17(20)12-14-8-9-15-5-3-4-6-16(15)11-14/h3-6,8-9,11,13,17H,7,10,12,20H2,1-2H3,(H,21,22,23). The topological polar surface area (TPSA) is 72.2 Å². The number of nitrogens with two attached hydrogens (primary N) is 1. The van der Waals surface area contributed by atoms with Gasteiger partial charge in [0, 0.05) is 6.42 Å². The van der Waals surface area contributed by atoms with Crippen LogP contribution in [0, 0.1) is 5.92 Å². The van der Waals surface area contributed by atoms with E-state index in [2.05, 4.69) is 5.32 Å². The lowest BCUT2D eigenvalue weighted by Gasteiger charge is -2.12. The first-order valence-corrected chi connectivity index (χ1v) is 8.02. The first-order valence-electron chi connectivity index (χ1n) is 8.02. The molecule has 2 amide bonds. The van der Waals surface area contributed by atoms with E-state index in [1.165, 1.54) is 0 Å². The highest BCUT2D eigenvalue weighted by Crippen LogP contribution is 2.16. The van der Waals surface area contributed by atoms with E-state index in [0.29, 0.717) is 18.8 Å². The number of hydrogen-bond acceptors (Lipinski definition) is 3. The summed E-state index contributed by atoms with van der Waals surface area (Å²) >= 11 is 0. The molecule has 0 saturated heterocycles. The summed E-state index contributed by atoms with van der Waals surface area (Å²) in [5.74, 6) is -0.230. The summed E-state index contributed by atoms with van der Waals surface area (Å²) in [6.07, 6.45) is 1.53. The monoisotopic (exact) mass is 312 g/mol. The SMILES string of the molecule is CC(C)CCC(=O)NC(=O)C(N)Cc1ccc2ccccc2c1. The van der Waals surface area contributed by atoms with Gasteiger partial charge in [0.25, 0.3) is 0 Å². The number of rotatable bonds is 6. The lowest BCUT2D eigenvalue weighted by molar-refractivity contribution is -0.131. The fourth-order valence-electron chi connectivity index (χ4n) is 2.42. The Bertz CT molecular complexity index is 695. The summed E-state index contributed by atoms with van der Waals surface area (Å²) in [6, 6.07) is 13.3. The molecule has 0 aliphatic heterocycles. The summed E-state index contributed by atoms with van der Waals surface area (Å²) in [5, 5.41) is 4.66. The fourth-order valence-corrected chi connectivity index (χ4v) is 2.42. The minimum absolute atomic E-state index is 0.252. The van der Waals surface area contributed by atoms with Gasteiger partial charge < -0.3 is 5.73 Å². The van der Waals surface area contributed by atoms with Gasteiger partial charge in [-0.25, -0.2) is 0 Å². The minimum atomic E-state index is -0.723. The first kappa shape index (κ1) is 17.2. The molecule has 0 heterocycles. The normalized spacial score (nSPS) is 12.3. The fraction of sp³-hybridized carbons (Fsp3) is 0.368. The van der Waals surface area contributed by atoms with Gasteiger partial charge in [-0.1, -0.05) is 56.3 Å². The second-order valence-electron chi connectivity index (χ2n) is 6.34. The summed E-state index contributed by atoms with van der Waals surface area (Å²) in [4.78, 5) is 23.7. The van der Waals surface area contributed by atoms with Gasteiger partial charge in [0.05, 0.1) is 6.04 Å². The zero-order valence-electron chi connectivity index (χ0n) is 13.7. The molecule has 4 heteroatoms. The molecule has 2 aromatic carbocycles. The van der Waals surface area contributed by atoms with E-state index in [1.54, 1.807) is 0 Å². The van der Waals surface area contributed by atoms with Crippen molar-refractivity contribution in [1.29, 1.82) is 0 Å². The average Bonchev–Trinajstić information content (AvgIpc) is 2.52. The molecule has 1 atom stereocenters. The quantitative estimate of drug-likeness (QED) is 0.861. The number of imide groups is 1. The van der Waals surface area contributed by atoms with Crippen molar-refractivity contribution in [3.63, 3.8) is 0 Å². The zero-order valence-corrected chi connectivity index (χ0v) is 13.7. The Morgan fingerprint density at radius 2 is 1.78 bits per heavy atom. The van der Waals surface area contributed by atoms with Gasteiger partial charge in [-0.15, -0.1) is 0 Å². The van der Waals surface area contributed by atoms with Gasteiger partial charge in [-0.3, -0.25) is 14.9 Å². The maximum Gasteiger partial charge on any atom is 0.243 e. The molecule has 0 spiro atoms. The summed E-state index contributed by atoms with van der Waals surface area (Å²) in [6.45, 7) is 4.08. The van der Waals surface area contributed by atoms with E-state index in [0.717, 1.165) is 22.8 Å². The Hall–Kier alpha value is -2.20. The van der Waals surface area contributed by atoms with Crippen LogP contribution in [-0.4, -0.2) is 17.9 Å². The molecule has 1 unspecified atom stereocenters. The predicted molar refractivity (Wildman–Crippen MR) is 92.8 cm³/mol. The van der Waals surface area contributed by atoms with Gasteiger partial charge in [0.15, 0.2) is 0 Å². The maximum absolute atomic E-state index is 12.0. The Labute approximate surface area is 137 Å². The van der Waals surface area contributed by atoms with E-state index in [1.807, 2.05) is 56.3 Å². The molecular formula is C19H24N2O2. The van der Waals surface area contributed by atoms with Crippen LogP contribution >= 0.6 is 0 Å². The van der Waals surface area contributed by atoms with Gasteiger partial charge >= 0.3 is 0 Å². The molecule has 3 N–H and O–H groups in total. The first-order chi connectivity index (χ1) is 11.0. The summed E-state index contributed by atoms with van der Waals surface area (Å²) in [5.41, 5.74) is 6.92. The molecule has 2 aromatic rings. The highest BCUT2D eigenvalue weighted by molar-refractivity contribution is 5.97. The van der Waals surface area contributed by atoms with Crippen LogP contribution in [0.4, 0.5) is 0 Å². The van der Waals surface area contributed by atoms with E-state index in [4.69, 9.17) is 5.73 Å². The van der Waals surface area contributed by atoms with Crippen LogP contribution in [0.2, 0.25) is 0 Å². The van der Waals surface area contributed by atoms with Gasteiger partial charge in [0.2, 0.25) is 11.8 Å². The lowest BCUT2D eigenvalue weighted by atomic mass is 10.0. The van der Waals surface area contributed by atoms with E-state index in [-0.39, 0.29) is 5.91 Å². The highest BCUT2D eigenvalue weighted by Gasteiger charge is 2.17. The van der Waals surface area contributed by atoms with Crippen molar-refractivity contribution in [1.82, 2.24) is 5.32 Å². The van der Waals surface area contributed by atoms with Crippen LogP contribution in [0.1, 0.15) is 32.3 Å². The molecular weight excluding hydrogens is 288 g/mol. The number of amides is 2. The van der Waals surface area contributed by atoms with E-state index in [9.17, 15) is 9.59 Å². The van der Waals surface area contributed by atoms with Crippen LogP contribution < -0.4 is 11.1 Å². The number of carbonyl (C=O) groups is 2. The van der Waals surface area contributed by atoms with E-state index < -0.39 is 11.9 Å². The number of hydrogen-bond donors (Lipinski definition) is 2. The molecule has 0 aliphatic carbocycles. The van der Waals surface area contributed by atoms with E-state index >= 15 is 0 Å². The molecule has 0 fully saturated rings. The molecule has 122 valence electrons. The Morgan fingerprint density at radius 3 is 2.48 bits per heavy atom. The molecule has 0 aromatic heterocycles. The van der Waals surface area contributed by atoms with Gasteiger partial charge in [-0.2, -0.15) is 0 Å². The highest BCUT2D eigenvalue weighted by atomic mass is 16.2. The molecule has 4 nitrogen and oxygen atoms in total. The van der Waals surface area contributed by atoms with Crippen molar-refractivity contribution in [2.75, 3.05) is 0 Å². The minimum Gasteiger partial charge on any atom is -0.320 e. The number of benzene rings is 2. The zero-order chi connectivity index (χ0) is 16.8. The summed E-state index contributed by atoms with van der Waals surface area (Å²) < 4.78 is 0.